The summed E-state index contributed by atoms with van der Waals surface area (Å²) in [7, 11) is 1.20. The number of carbonyl (C=O) groups excluding carboxylic acids is 1. The number of rotatable bonds is 8. The van der Waals surface area contributed by atoms with Crippen molar-refractivity contribution in [2.24, 2.45) is 7.05 Å². The normalized spacial score (nSPS) is 17.2. The number of aromatic nitrogens is 4. The molecule has 0 saturated carbocycles. The first kappa shape index (κ1) is 27.8. The number of nitrogens with zero attached hydrogens (tertiary/aromatic N) is 6. The molecule has 0 unspecified atom stereocenters. The maximum absolute atomic E-state index is 11.5. The van der Waals surface area contributed by atoms with Crippen molar-refractivity contribution in [3.63, 3.8) is 0 Å². The van der Waals surface area contributed by atoms with Crippen molar-refractivity contribution in [2.45, 2.75) is 51.2 Å². The van der Waals surface area contributed by atoms with Crippen LogP contribution in [0.4, 0.5) is 17.5 Å². The van der Waals surface area contributed by atoms with E-state index in [1.54, 1.807) is 36.1 Å². The van der Waals surface area contributed by atoms with E-state index in [1.165, 1.54) is 7.41 Å². The topological polar surface area (TPSA) is 109 Å². The molecule has 3 heterocycles. The number of carbonyl (C=O) groups is 1. The highest BCUT2D eigenvalue weighted by Crippen LogP contribution is 2.46. The molecule has 0 spiro atoms. The van der Waals surface area contributed by atoms with E-state index >= 15 is 0 Å². The van der Waals surface area contributed by atoms with E-state index in [1.807, 2.05) is 10.9 Å². The molecule has 1 aromatic carbocycles. The summed E-state index contributed by atoms with van der Waals surface area (Å²) >= 11 is 6.10. The molecule has 38 heavy (non-hydrogen) atoms. The zero-order chi connectivity index (χ0) is 27.9. The molecule has 1 aliphatic rings. The summed E-state index contributed by atoms with van der Waals surface area (Å²) in [5, 5.41) is 18.0. The Morgan fingerprint density at radius 2 is 2.08 bits per heavy atom. The Morgan fingerprint density at radius 3 is 2.68 bits per heavy atom. The smallest absolute Gasteiger partial charge is 0.329 e. The Balaban J connectivity index is 1.75. The second kappa shape index (κ2) is 10.2. The Kier molecular flexibility index (Phi) is 7.45. The Labute approximate surface area is 230 Å². The van der Waals surface area contributed by atoms with Gasteiger partial charge in [-0.2, -0.15) is 10.4 Å². The van der Waals surface area contributed by atoms with Gasteiger partial charge in [-0.15, -0.1) is 0 Å². The highest BCUT2D eigenvalue weighted by Gasteiger charge is 2.44. The van der Waals surface area contributed by atoms with Crippen LogP contribution in [0.15, 0.2) is 30.5 Å². The number of halogens is 1. The van der Waals surface area contributed by atoms with Gasteiger partial charge in [0.25, 0.3) is 0 Å². The molecule has 0 saturated heterocycles. The van der Waals surface area contributed by atoms with E-state index < -0.39 is 13.7 Å². The third-order valence-electron chi connectivity index (χ3n) is 7.50. The van der Waals surface area contributed by atoms with Crippen molar-refractivity contribution in [1.82, 2.24) is 19.7 Å². The molecule has 3 aromatic rings. The summed E-state index contributed by atoms with van der Waals surface area (Å²) in [4.78, 5) is 22.3. The highest BCUT2D eigenvalue weighted by atomic mass is 35.5. The molecule has 2 aromatic heterocycles. The summed E-state index contributed by atoms with van der Waals surface area (Å²) in [6.45, 7) is 14.2. The number of aryl methyl sites for hydroxylation is 1. The van der Waals surface area contributed by atoms with E-state index in [4.69, 9.17) is 16.0 Å². The van der Waals surface area contributed by atoms with Crippen molar-refractivity contribution >= 4 is 51.0 Å². The van der Waals surface area contributed by atoms with Crippen molar-refractivity contribution in [3.8, 4) is 17.3 Å². The molecule has 1 aliphatic heterocycles. The maximum Gasteiger partial charge on any atom is 0.329 e. The van der Waals surface area contributed by atoms with E-state index in [2.05, 4.69) is 67.2 Å². The summed E-state index contributed by atoms with van der Waals surface area (Å²) < 4.78 is 8.20. The molecule has 0 aliphatic carbocycles. The standard InChI is InChI=1S/C26H32BClN7O2Si/c1-25(2,3)38(6,7)37-15-26(4)14-35(27-16-36)23-18(13-29)10-17(11-19(23)26)20-8-9-30-24(31-20)32-22-12-21(28)34(5)33-22/h8-12,16H,14-15H2,1-7H3,(H,30,31,32,33)/t26-/m1/s1. The van der Waals surface area contributed by atoms with Gasteiger partial charge >= 0.3 is 7.41 Å². The third kappa shape index (κ3) is 5.34. The lowest BCUT2D eigenvalue weighted by Crippen LogP contribution is -2.46. The van der Waals surface area contributed by atoms with Crippen LogP contribution < -0.4 is 10.1 Å². The zero-order valence-corrected chi connectivity index (χ0v) is 24.6. The fraction of sp³-hybridized carbons (Fsp3) is 0.423. The average Bonchev–Trinajstić information content (AvgIpc) is 3.32. The molecule has 1 radical (unpaired) electrons. The Hall–Kier alpha value is -3.20. The van der Waals surface area contributed by atoms with Crippen LogP contribution in [0.1, 0.15) is 38.8 Å². The fourth-order valence-electron chi connectivity index (χ4n) is 4.26. The van der Waals surface area contributed by atoms with Gasteiger partial charge in [0.05, 0.1) is 11.3 Å². The van der Waals surface area contributed by atoms with Crippen LogP contribution in [0, 0.1) is 11.3 Å². The molecular formula is C26H32BClN7O2Si. The van der Waals surface area contributed by atoms with Gasteiger partial charge in [0.2, 0.25) is 5.95 Å². The van der Waals surface area contributed by atoms with Crippen molar-refractivity contribution < 1.29 is 9.22 Å². The lowest BCUT2D eigenvalue weighted by Gasteiger charge is -2.39. The van der Waals surface area contributed by atoms with Gasteiger partial charge in [0, 0.05) is 49.1 Å². The van der Waals surface area contributed by atoms with E-state index in [9.17, 15) is 10.1 Å². The summed E-state index contributed by atoms with van der Waals surface area (Å²) in [6, 6.07) is 9.66. The van der Waals surface area contributed by atoms with Crippen LogP contribution in [-0.2, 0) is 21.7 Å². The van der Waals surface area contributed by atoms with Gasteiger partial charge in [0.15, 0.2) is 14.1 Å². The first-order chi connectivity index (χ1) is 17.8. The van der Waals surface area contributed by atoms with Crippen LogP contribution in [0.3, 0.4) is 0 Å². The molecule has 1 atom stereocenters. The lowest BCUT2D eigenvalue weighted by atomic mass is 9.83. The number of hydrogen-bond donors (Lipinski definition) is 1. The molecule has 0 amide bonds. The van der Waals surface area contributed by atoms with Crippen molar-refractivity contribution in [2.75, 3.05) is 23.3 Å². The van der Waals surface area contributed by atoms with Crippen LogP contribution >= 0.6 is 11.6 Å². The van der Waals surface area contributed by atoms with Crippen molar-refractivity contribution in [1.29, 1.82) is 5.26 Å². The predicted molar refractivity (Wildman–Crippen MR) is 154 cm³/mol. The highest BCUT2D eigenvalue weighted by molar-refractivity contribution is 6.74. The fourth-order valence-corrected chi connectivity index (χ4v) is 5.51. The van der Waals surface area contributed by atoms with E-state index in [0.717, 1.165) is 23.0 Å². The largest absolute Gasteiger partial charge is 0.416 e. The van der Waals surface area contributed by atoms with Gasteiger partial charge in [-0.3, -0.25) is 4.68 Å². The Morgan fingerprint density at radius 1 is 1.34 bits per heavy atom. The number of benzene rings is 1. The van der Waals surface area contributed by atoms with Gasteiger partial charge in [-0.05, 0) is 41.9 Å². The monoisotopic (exact) mass is 548 g/mol. The molecule has 12 heteroatoms. The number of anilines is 3. The number of hydrogen-bond acceptors (Lipinski definition) is 8. The predicted octanol–water partition coefficient (Wildman–Crippen LogP) is 5.05. The minimum atomic E-state index is -2.04. The quantitative estimate of drug-likeness (QED) is 0.307. The van der Waals surface area contributed by atoms with Crippen LogP contribution in [0.2, 0.25) is 23.3 Å². The van der Waals surface area contributed by atoms with E-state index in [-0.39, 0.29) is 5.04 Å². The van der Waals surface area contributed by atoms with Gasteiger partial charge in [0.1, 0.15) is 17.4 Å². The van der Waals surface area contributed by atoms with Crippen LogP contribution in [0.25, 0.3) is 11.3 Å². The van der Waals surface area contributed by atoms with Crippen LogP contribution in [-0.4, -0.2) is 54.8 Å². The average molecular weight is 549 g/mol. The minimum absolute atomic E-state index is 0.0568. The minimum Gasteiger partial charge on any atom is -0.416 e. The number of nitriles is 1. The van der Waals surface area contributed by atoms with Crippen molar-refractivity contribution in [3.05, 3.63) is 46.7 Å². The SMILES string of the molecule is Cn1nc(Nc2nccc(-c3cc(C#N)c4c(c3)[C@@](C)(CO[Si](C)(C)C(C)(C)C)CN4[B]C=O)n2)cc1Cl. The summed E-state index contributed by atoms with van der Waals surface area (Å²) in [5.41, 5.74) is 3.14. The zero-order valence-electron chi connectivity index (χ0n) is 22.8. The molecule has 0 bridgehead atoms. The summed E-state index contributed by atoms with van der Waals surface area (Å²) in [6.07, 6.45) is 2.41. The molecule has 1 N–H and O–H groups in total. The number of fused-ring (bicyclic) bond motifs is 1. The maximum atomic E-state index is 11.5. The third-order valence-corrected chi connectivity index (χ3v) is 12.3. The first-order valence-corrected chi connectivity index (χ1v) is 15.6. The van der Waals surface area contributed by atoms with Gasteiger partial charge in [-0.25, -0.2) is 9.97 Å². The number of nitrogens with one attached hydrogen (secondary N) is 1. The molecule has 197 valence electrons. The van der Waals surface area contributed by atoms with Crippen LogP contribution in [0.5, 0.6) is 0 Å². The molecule has 4 rings (SSSR count). The molecule has 0 fully saturated rings. The second-order valence-corrected chi connectivity index (χ2v) is 16.6. The molecule has 9 nitrogen and oxygen atoms in total. The van der Waals surface area contributed by atoms with E-state index in [0.29, 0.717) is 41.3 Å². The lowest BCUT2D eigenvalue weighted by molar-refractivity contribution is 0.219. The van der Waals surface area contributed by atoms with Gasteiger partial charge < -0.3 is 19.3 Å². The molecular weight excluding hydrogens is 517 g/mol. The first-order valence-electron chi connectivity index (χ1n) is 12.4. The summed E-state index contributed by atoms with van der Waals surface area (Å²) in [5.74, 6) is 0.882. The Bertz CT molecular complexity index is 1400. The second-order valence-electron chi connectivity index (χ2n) is 11.4. The van der Waals surface area contributed by atoms with Gasteiger partial charge in [-0.1, -0.05) is 39.3 Å².